The van der Waals surface area contributed by atoms with Gasteiger partial charge in [0.05, 0.1) is 25.1 Å². The molecule has 2 aromatic carbocycles. The maximum atomic E-state index is 13.9. The number of ether oxygens (including phenoxy) is 2. The second-order valence-corrected chi connectivity index (χ2v) is 11.0. The Labute approximate surface area is 215 Å². The zero-order valence-corrected chi connectivity index (χ0v) is 21.0. The van der Waals surface area contributed by atoms with Gasteiger partial charge < -0.3 is 9.47 Å². The van der Waals surface area contributed by atoms with Crippen molar-refractivity contribution in [3.63, 3.8) is 0 Å². The highest BCUT2D eigenvalue weighted by Gasteiger charge is 2.56. The van der Waals surface area contributed by atoms with Crippen molar-refractivity contribution < 1.29 is 18.3 Å². The Balaban J connectivity index is 1.17. The second-order valence-electron chi connectivity index (χ2n) is 8.89. The summed E-state index contributed by atoms with van der Waals surface area (Å²) in [6, 6.07) is 12.8. The summed E-state index contributed by atoms with van der Waals surface area (Å²) in [7, 11) is 6.70. The van der Waals surface area contributed by atoms with Crippen LogP contribution in [0.3, 0.4) is 0 Å². The van der Waals surface area contributed by atoms with Crippen LogP contribution < -0.4 is 0 Å². The van der Waals surface area contributed by atoms with E-state index in [2.05, 4.69) is 20.2 Å². The van der Waals surface area contributed by atoms with Crippen molar-refractivity contribution in [3.05, 3.63) is 83.9 Å². The fraction of sp³-hybridized carbons (Fsp3) is 0.273. The Morgan fingerprint density at radius 3 is 1.56 bits per heavy atom. The maximum absolute atomic E-state index is 13.9. The summed E-state index contributed by atoms with van der Waals surface area (Å²) in [5, 5.41) is 10.1. The Morgan fingerprint density at radius 1 is 0.778 bits per heavy atom. The Bertz CT molecular complexity index is 1320. The predicted molar refractivity (Wildman–Crippen MR) is 135 cm³/mol. The monoisotopic (exact) mass is 524 g/mol. The molecule has 2 aliphatic rings. The first-order valence-corrected chi connectivity index (χ1v) is 13.5. The van der Waals surface area contributed by atoms with Gasteiger partial charge in [-0.05, 0) is 57.0 Å². The van der Waals surface area contributed by atoms with E-state index in [0.717, 1.165) is 11.1 Å². The summed E-state index contributed by atoms with van der Waals surface area (Å²) >= 11 is 0. The third kappa shape index (κ3) is 4.25. The van der Waals surface area contributed by atoms with Crippen molar-refractivity contribution in [2.24, 2.45) is 0 Å². The lowest BCUT2D eigenvalue weighted by atomic mass is 9.85. The van der Waals surface area contributed by atoms with Gasteiger partial charge in [0.25, 0.3) is 0 Å². The smallest absolute Gasteiger partial charge is 0.197 e. The van der Waals surface area contributed by atoms with Crippen molar-refractivity contribution in [2.45, 2.75) is 46.6 Å². The van der Waals surface area contributed by atoms with E-state index in [1.54, 1.807) is 21.5 Å². The SMILES string of the molecule is BC1OC1(Cn1ncnc1SSc1ncnn1CC1(c2cccc(F)c2)OC1B)c1cccc(F)c1. The number of aromatic nitrogens is 6. The van der Waals surface area contributed by atoms with E-state index in [4.69, 9.17) is 9.47 Å². The number of epoxide rings is 2. The molecule has 14 heteroatoms. The highest BCUT2D eigenvalue weighted by Crippen LogP contribution is 2.48. The van der Waals surface area contributed by atoms with Crippen LogP contribution in [0.15, 0.2) is 71.5 Å². The van der Waals surface area contributed by atoms with E-state index in [1.807, 2.05) is 27.8 Å². The zero-order valence-electron chi connectivity index (χ0n) is 19.4. The van der Waals surface area contributed by atoms with E-state index in [1.165, 1.54) is 58.5 Å². The van der Waals surface area contributed by atoms with Crippen molar-refractivity contribution in [2.75, 3.05) is 0 Å². The molecule has 4 unspecified atom stereocenters. The molecule has 2 aliphatic heterocycles. The molecule has 0 spiro atoms. The first-order chi connectivity index (χ1) is 17.4. The molecule has 8 nitrogen and oxygen atoms in total. The van der Waals surface area contributed by atoms with Gasteiger partial charge in [0.2, 0.25) is 0 Å². The zero-order chi connectivity index (χ0) is 24.9. The van der Waals surface area contributed by atoms with Gasteiger partial charge >= 0.3 is 0 Å². The van der Waals surface area contributed by atoms with E-state index >= 15 is 0 Å². The van der Waals surface area contributed by atoms with Crippen LogP contribution in [0.2, 0.25) is 0 Å². The van der Waals surface area contributed by atoms with Crippen molar-refractivity contribution in [1.29, 1.82) is 0 Å². The summed E-state index contributed by atoms with van der Waals surface area (Å²) in [6.07, 6.45) is 2.97. The van der Waals surface area contributed by atoms with Crippen LogP contribution in [0.4, 0.5) is 8.78 Å². The predicted octanol–water partition coefficient (Wildman–Crippen LogP) is 1.72. The van der Waals surface area contributed by atoms with Crippen molar-refractivity contribution in [1.82, 2.24) is 29.5 Å². The van der Waals surface area contributed by atoms with Crippen molar-refractivity contribution >= 4 is 37.3 Å². The van der Waals surface area contributed by atoms with Gasteiger partial charge in [0.1, 0.15) is 51.2 Å². The molecule has 2 aromatic heterocycles. The molecule has 2 fully saturated rings. The van der Waals surface area contributed by atoms with Gasteiger partial charge in [-0.2, -0.15) is 10.2 Å². The Hall–Kier alpha value is -2.67. The fourth-order valence-electron chi connectivity index (χ4n) is 4.56. The lowest BCUT2D eigenvalue weighted by molar-refractivity contribution is 0.259. The third-order valence-corrected chi connectivity index (χ3v) is 8.88. The number of hydrogen-bond donors (Lipinski definition) is 0. The maximum Gasteiger partial charge on any atom is 0.197 e. The highest BCUT2D eigenvalue weighted by molar-refractivity contribution is 8.76. The second kappa shape index (κ2) is 9.02. The lowest BCUT2D eigenvalue weighted by Crippen LogP contribution is -2.23. The minimum atomic E-state index is -0.646. The quantitative estimate of drug-likeness (QED) is 0.186. The molecule has 4 atom stereocenters. The molecule has 0 saturated carbocycles. The van der Waals surface area contributed by atoms with E-state index in [9.17, 15) is 8.78 Å². The molecule has 0 aliphatic carbocycles. The number of benzene rings is 2. The Kier molecular flexibility index (Phi) is 5.94. The molecule has 2 saturated heterocycles. The van der Waals surface area contributed by atoms with Crippen LogP contribution in [0.1, 0.15) is 11.1 Å². The molecule has 0 amide bonds. The third-order valence-electron chi connectivity index (χ3n) is 6.72. The van der Waals surface area contributed by atoms with Crippen molar-refractivity contribution in [3.8, 4) is 0 Å². The largest absolute Gasteiger partial charge is 0.369 e. The van der Waals surface area contributed by atoms with Crippen LogP contribution in [-0.2, 0) is 33.8 Å². The van der Waals surface area contributed by atoms with E-state index < -0.39 is 11.2 Å². The van der Waals surface area contributed by atoms with Crippen LogP contribution >= 0.6 is 21.6 Å². The van der Waals surface area contributed by atoms with Gasteiger partial charge in [0.15, 0.2) is 10.3 Å². The molecule has 4 aromatic rings. The van der Waals surface area contributed by atoms with E-state index in [0.29, 0.717) is 23.4 Å². The van der Waals surface area contributed by atoms with Gasteiger partial charge in [-0.1, -0.05) is 24.3 Å². The van der Waals surface area contributed by atoms with Crippen LogP contribution in [0, 0.1) is 11.6 Å². The summed E-state index contributed by atoms with van der Waals surface area (Å²) in [4.78, 5) is 8.78. The minimum absolute atomic E-state index is 0.0725. The molecule has 4 heterocycles. The first kappa shape index (κ1) is 23.7. The van der Waals surface area contributed by atoms with E-state index in [-0.39, 0.29) is 23.6 Å². The number of hydrogen-bond acceptors (Lipinski definition) is 8. The standard InChI is InChI=1S/C22H20B2F2N6O2S2/c23-17-21(33-17,13-3-1-5-15(25)7-13)9-31-19(27-11-29-31)35-36-20-28-12-30-32(20)10-22(18(24)34-22)14-4-2-6-16(26)8-14/h1-8,11-12,17-18H,9-10,23-24H2. The Morgan fingerprint density at radius 2 is 1.19 bits per heavy atom. The topological polar surface area (TPSA) is 86.5 Å². The first-order valence-electron chi connectivity index (χ1n) is 11.4. The molecule has 36 heavy (non-hydrogen) atoms. The lowest BCUT2D eigenvalue weighted by Gasteiger charge is -2.16. The molecule has 6 rings (SSSR count). The fourth-order valence-corrected chi connectivity index (χ4v) is 6.51. The number of rotatable bonds is 9. The minimum Gasteiger partial charge on any atom is -0.369 e. The summed E-state index contributed by atoms with van der Waals surface area (Å²) < 4.78 is 43.1. The number of halogens is 2. The normalized spacial score (nSPS) is 26.7. The van der Waals surface area contributed by atoms with Gasteiger partial charge in [-0.15, -0.1) is 0 Å². The average Bonchev–Trinajstić information content (AvgIpc) is 3.50. The molecular formula is C22H20B2F2N6O2S2. The van der Waals surface area contributed by atoms with Crippen LogP contribution in [0.5, 0.6) is 0 Å². The summed E-state index contributed by atoms with van der Waals surface area (Å²) in [5.41, 5.74) is 0.254. The molecule has 0 radical (unpaired) electrons. The molecular weight excluding hydrogens is 504 g/mol. The van der Waals surface area contributed by atoms with Gasteiger partial charge in [-0.25, -0.2) is 28.1 Å². The summed E-state index contributed by atoms with van der Waals surface area (Å²) in [6.45, 7) is 0.808. The van der Waals surface area contributed by atoms with Crippen LogP contribution in [-0.4, -0.2) is 57.2 Å². The summed E-state index contributed by atoms with van der Waals surface area (Å²) in [5.74, 6) is -0.606. The average molecular weight is 524 g/mol. The van der Waals surface area contributed by atoms with Crippen LogP contribution in [0.25, 0.3) is 0 Å². The number of nitrogens with zero attached hydrogens (tertiary/aromatic N) is 6. The highest BCUT2D eigenvalue weighted by atomic mass is 33.1. The van der Waals surface area contributed by atoms with Gasteiger partial charge in [-0.3, -0.25) is 0 Å². The molecule has 0 bridgehead atoms. The molecule has 182 valence electrons. The molecule has 0 N–H and O–H groups in total. The van der Waals surface area contributed by atoms with Gasteiger partial charge in [0, 0.05) is 0 Å².